The molecule has 6 aromatic carbocycles. The summed E-state index contributed by atoms with van der Waals surface area (Å²) in [4.78, 5) is 96.2. The fourth-order valence-electron chi connectivity index (χ4n) is 9.88. The molecule has 0 amide bonds. The molecule has 0 aliphatic heterocycles. The number of carbonyl (C=O) groups excluding carboxylic acids is 6. The second-order valence-electron chi connectivity index (χ2n) is 27.9. The molecule has 0 aliphatic carbocycles. The molecule has 50 nitrogen and oxygen atoms in total. The largest absolute Gasteiger partial charge is 0.478 e. The molecule has 0 fully saturated rings. The molecular weight excluding hydrogens is 1940 g/mol. The van der Waals surface area contributed by atoms with Crippen molar-refractivity contribution in [2.75, 3.05) is 269 Å². The Balaban J connectivity index is -0.000000513. The highest BCUT2D eigenvalue weighted by Crippen LogP contribution is 2.24. The van der Waals surface area contributed by atoms with Crippen LogP contribution in [0.2, 0.25) is 0 Å². The Morgan fingerprint density at radius 1 is 0.270 bits per heavy atom. The number of methoxy groups -OCH3 is 6. The van der Waals surface area contributed by atoms with Gasteiger partial charge < -0.3 is 118 Å². The number of aliphatic hydroxyl groups is 10. The van der Waals surface area contributed by atoms with Gasteiger partial charge in [0.05, 0.1) is 240 Å². The van der Waals surface area contributed by atoms with Crippen molar-refractivity contribution in [2.45, 2.75) is 83.1 Å². The van der Waals surface area contributed by atoms with E-state index in [9.17, 15) is 58.8 Å². The summed E-state index contributed by atoms with van der Waals surface area (Å²) >= 11 is 0. The van der Waals surface area contributed by atoms with Crippen molar-refractivity contribution in [3.8, 4) is 0 Å². The van der Waals surface area contributed by atoms with Crippen LogP contribution in [0.4, 0.5) is 34.1 Å². The summed E-state index contributed by atoms with van der Waals surface area (Å²) in [5.74, 6) is -5.90. The minimum atomic E-state index is -1.16. The minimum absolute atomic E-state index is 0.0312. The van der Waals surface area contributed by atoms with Crippen LogP contribution in [0.25, 0.3) is 0 Å². The third-order valence-electron chi connectivity index (χ3n) is 17.6. The number of carboxylic acids is 2. The Morgan fingerprint density at radius 3 is 0.608 bits per heavy atom. The lowest BCUT2D eigenvalue weighted by atomic mass is 9.93. The Hall–Kier alpha value is -13.2. The van der Waals surface area contributed by atoms with Gasteiger partial charge in [0.25, 0.3) is 0 Å². The van der Waals surface area contributed by atoms with Crippen LogP contribution in [0.3, 0.4) is 0 Å². The van der Waals surface area contributed by atoms with E-state index in [1.807, 2.05) is 69.2 Å². The van der Waals surface area contributed by atoms with Crippen LogP contribution in [0.5, 0.6) is 0 Å². The molecule has 0 heterocycles. The van der Waals surface area contributed by atoms with Gasteiger partial charge in [0.1, 0.15) is 37.3 Å². The number of benzene rings is 6. The van der Waals surface area contributed by atoms with E-state index in [0.717, 1.165) is 28.4 Å². The number of aromatic carboxylic acids is 2. The van der Waals surface area contributed by atoms with Gasteiger partial charge in [-0.25, -0.2) is 28.8 Å². The molecule has 0 aliphatic rings. The number of rotatable bonds is 60. The average Bonchev–Trinajstić information content (AvgIpc) is 0.867. The summed E-state index contributed by atoms with van der Waals surface area (Å²) in [5, 5.41) is 160. The number of nitrogens with zero attached hydrogens (tertiary/aromatic N) is 18. The number of hydrogen-bond donors (Lipinski definition) is 12. The third-order valence-corrected chi connectivity index (χ3v) is 17.6. The SMILES string of the molecule is CC.CC.CC.CC.CCOCCN(CCO)N=Nc1cccc(C(=O)OCCN(CCOC(=O)c2cccc(N=NN(CCOC)CCOC)c2)N=Nc2cccc(C(=O)O)c2)c1.CCOCCN(CCO)N=Nc1cccc(C(=O)OCCN(CCOC(=O)c2cccc(N=NN(CCOC)CCOC)c2)N=Nc2cccc(C(=O)O)c2)c1.CO.CO.CO.CO.COC(=O)C(C)(CO)CO.COC(=O)C(C)(CO)CO. The van der Waals surface area contributed by atoms with E-state index in [-0.39, 0.29) is 124 Å². The first kappa shape index (κ1) is 146. The van der Waals surface area contributed by atoms with Crippen LogP contribution in [0, 0.1) is 10.8 Å². The summed E-state index contributed by atoms with van der Waals surface area (Å²) in [6, 6.07) is 37.6. The van der Waals surface area contributed by atoms with Crippen molar-refractivity contribution < 1.29 is 156 Å². The van der Waals surface area contributed by atoms with Crippen LogP contribution >= 0.6 is 0 Å². The van der Waals surface area contributed by atoms with Gasteiger partial charge in [0.15, 0.2) is 0 Å². The van der Waals surface area contributed by atoms with Gasteiger partial charge in [-0.15, -0.1) is 30.7 Å². The number of carbonyl (C=O) groups is 8. The van der Waals surface area contributed by atoms with E-state index in [2.05, 4.69) is 71.5 Å². The quantitative estimate of drug-likeness (QED) is 0.00555. The van der Waals surface area contributed by atoms with E-state index in [1.54, 1.807) is 146 Å². The van der Waals surface area contributed by atoms with Crippen LogP contribution < -0.4 is 0 Å². The maximum absolute atomic E-state index is 13.0. The zero-order valence-electron chi connectivity index (χ0n) is 89.7. The number of ether oxygens (including phenoxy) is 12. The fourth-order valence-corrected chi connectivity index (χ4v) is 9.88. The number of esters is 6. The molecule has 0 atom stereocenters. The van der Waals surface area contributed by atoms with Crippen molar-refractivity contribution in [1.82, 2.24) is 30.1 Å². The Labute approximate surface area is 868 Å². The Morgan fingerprint density at radius 2 is 0.446 bits per heavy atom. The van der Waals surface area contributed by atoms with Crippen LogP contribution in [0.15, 0.2) is 208 Å². The lowest BCUT2D eigenvalue weighted by Gasteiger charge is -2.20. The van der Waals surface area contributed by atoms with Crippen LogP contribution in [0.1, 0.15) is 145 Å². The van der Waals surface area contributed by atoms with Crippen molar-refractivity contribution in [1.29, 1.82) is 0 Å². The van der Waals surface area contributed by atoms with Gasteiger partial charge in [-0.1, -0.05) is 123 Å². The predicted molar refractivity (Wildman–Crippen MR) is 551 cm³/mol. The molecule has 0 aromatic heterocycles. The number of aliphatic hydroxyl groups excluding tert-OH is 10. The lowest BCUT2D eigenvalue weighted by molar-refractivity contribution is -0.157. The summed E-state index contributed by atoms with van der Waals surface area (Å²) in [7, 11) is 12.8. The molecule has 0 bridgehead atoms. The second kappa shape index (κ2) is 98.5. The summed E-state index contributed by atoms with van der Waals surface area (Å²) < 4.78 is 61.9. The molecule has 0 unspecified atom stereocenters. The molecule has 0 radical (unpaired) electrons. The van der Waals surface area contributed by atoms with Gasteiger partial charge >= 0.3 is 47.8 Å². The van der Waals surface area contributed by atoms with Crippen molar-refractivity contribution in [3.05, 3.63) is 179 Å². The zero-order valence-corrected chi connectivity index (χ0v) is 89.7. The van der Waals surface area contributed by atoms with Crippen LogP contribution in [-0.4, -0.2) is 408 Å². The van der Waals surface area contributed by atoms with Crippen LogP contribution in [-0.2, 0) is 66.4 Å². The first-order chi connectivity index (χ1) is 71.7. The molecule has 148 heavy (non-hydrogen) atoms. The minimum Gasteiger partial charge on any atom is -0.478 e. The highest BCUT2D eigenvalue weighted by molar-refractivity contribution is 5.93. The molecule has 12 N–H and O–H groups in total. The monoisotopic (exact) mass is 2100 g/mol. The van der Waals surface area contributed by atoms with Gasteiger partial charge in [0.2, 0.25) is 0 Å². The van der Waals surface area contributed by atoms with Gasteiger partial charge in [-0.05, 0) is 137 Å². The smallest absolute Gasteiger partial charge is 0.338 e. The maximum atomic E-state index is 13.0. The normalized spacial score (nSPS) is 10.4. The zero-order chi connectivity index (χ0) is 113. The second-order valence-corrected chi connectivity index (χ2v) is 27.9. The first-order valence-corrected chi connectivity index (χ1v) is 47.2. The standard InChI is InChI=1S/2C37H49N9O10.2C6H12O4.4C2H6.4CH4O/c2*1-4-54-23-17-44(14-20-47)41-39-33-12-6-9-30(27-33)36(50)55-24-18-46(43-38-32-11-5-8-29(26-32)35(48)49)19-25-56-37(51)31-10-7-13-34(28-31)40-42-45(15-21-52-2)16-22-53-3;2*1-6(3-7,4-8)5(9)10-2;8*1-2/h2*5-13,26-28,47H,4,14-25H2,1-3H3,(H,48,49);2*7-8H,3-4H2,1-2H3;4*1-2H3;4*2H,1H3. The van der Waals surface area contributed by atoms with Gasteiger partial charge in [0, 0.05) is 70.1 Å². The Kier molecular flexibility index (Phi) is 96.9. The molecule has 6 rings (SSSR count). The molecule has 0 saturated heterocycles. The van der Waals surface area contributed by atoms with E-state index in [1.165, 1.54) is 86.6 Å². The third kappa shape index (κ3) is 67.6. The molecule has 6 aromatic rings. The highest BCUT2D eigenvalue weighted by Gasteiger charge is 2.34. The molecule has 836 valence electrons. The topological polar surface area (TPSA) is 658 Å². The molecular formula is C98H162N18O32. The van der Waals surface area contributed by atoms with Crippen molar-refractivity contribution in [2.24, 2.45) is 72.9 Å². The first-order valence-electron chi connectivity index (χ1n) is 47.2. The van der Waals surface area contributed by atoms with E-state index in [0.29, 0.717) is 115 Å². The highest BCUT2D eigenvalue weighted by atomic mass is 16.6. The van der Waals surface area contributed by atoms with Gasteiger partial charge in [-0.2, -0.15) is 0 Å². The fraction of sp³-hybridized carbons (Fsp3) is 0.551. The predicted octanol–water partition coefficient (Wildman–Crippen LogP) is 11.5. The van der Waals surface area contributed by atoms with E-state index < -0.39 is 85.0 Å². The maximum Gasteiger partial charge on any atom is 0.338 e. The molecule has 0 spiro atoms. The number of carboxylic acid groups (broad SMARTS) is 2. The molecule has 0 saturated carbocycles. The summed E-state index contributed by atoms with van der Waals surface area (Å²) in [5.41, 5.74) is 0.955. The van der Waals surface area contributed by atoms with Gasteiger partial charge in [-0.3, -0.25) is 39.6 Å². The summed E-state index contributed by atoms with van der Waals surface area (Å²) in [6.45, 7) is 27.7. The molecule has 50 heteroatoms. The lowest BCUT2D eigenvalue weighted by Crippen LogP contribution is -2.36. The van der Waals surface area contributed by atoms with Crippen molar-refractivity contribution >= 4 is 81.9 Å². The van der Waals surface area contributed by atoms with Crippen molar-refractivity contribution in [3.63, 3.8) is 0 Å². The summed E-state index contributed by atoms with van der Waals surface area (Å²) in [6.07, 6.45) is 0. The number of hydrogen-bond acceptors (Lipinski definition) is 42. The van der Waals surface area contributed by atoms with E-state index >= 15 is 0 Å². The van der Waals surface area contributed by atoms with E-state index in [4.69, 9.17) is 88.2 Å². The average molecular weight is 2100 g/mol. The Bertz CT molecular complexity index is 4280.